The molecule has 0 radical (unpaired) electrons. The van der Waals surface area contributed by atoms with Gasteiger partial charge in [0.05, 0.1) is 7.11 Å². The molecular formula is C19H25N3OS. The molecule has 2 aliphatic rings. The predicted molar refractivity (Wildman–Crippen MR) is 99.2 cm³/mol. The molecule has 24 heavy (non-hydrogen) atoms. The number of methoxy groups -OCH3 is 1. The summed E-state index contributed by atoms with van der Waals surface area (Å²) < 4.78 is 5.23. The lowest BCUT2D eigenvalue weighted by atomic mass is 10.0. The van der Waals surface area contributed by atoms with Gasteiger partial charge in [0.2, 0.25) is 0 Å². The Kier molecular flexibility index (Phi) is 4.46. The zero-order valence-electron chi connectivity index (χ0n) is 14.4. The first-order valence-electron chi connectivity index (χ1n) is 8.84. The Bertz CT molecular complexity index is 693. The van der Waals surface area contributed by atoms with Crippen LogP contribution in [0.25, 0.3) is 0 Å². The fourth-order valence-corrected chi connectivity index (χ4v) is 4.88. The molecule has 4 rings (SSSR count). The standard InChI is InChI=1S/C19H25N3OS/c1-14(18-13-20-19(23-2)24-18)21-10-8-16(9-11-21)22-12-7-15-5-3-4-6-17(15)22/h3-6,13-14,16H,7-12H2,1-2H3. The Morgan fingerprint density at radius 1 is 1.21 bits per heavy atom. The third kappa shape index (κ3) is 2.91. The number of thiazole rings is 1. The summed E-state index contributed by atoms with van der Waals surface area (Å²) in [6, 6.07) is 10.0. The van der Waals surface area contributed by atoms with E-state index in [-0.39, 0.29) is 0 Å². The predicted octanol–water partition coefficient (Wildman–Crippen LogP) is 3.74. The van der Waals surface area contributed by atoms with Crippen LogP contribution in [0.4, 0.5) is 5.69 Å². The van der Waals surface area contributed by atoms with Crippen LogP contribution in [-0.2, 0) is 6.42 Å². The molecule has 1 atom stereocenters. The van der Waals surface area contributed by atoms with Crippen molar-refractivity contribution in [2.75, 3.05) is 31.6 Å². The summed E-state index contributed by atoms with van der Waals surface area (Å²) in [6.45, 7) is 5.79. The van der Waals surface area contributed by atoms with Gasteiger partial charge in [0.1, 0.15) is 0 Å². The fraction of sp³-hybridized carbons (Fsp3) is 0.526. The van der Waals surface area contributed by atoms with Crippen LogP contribution >= 0.6 is 11.3 Å². The minimum absolute atomic E-state index is 0.429. The number of fused-ring (bicyclic) bond motifs is 1. The average molecular weight is 343 g/mol. The number of nitrogens with zero attached hydrogens (tertiary/aromatic N) is 3. The Balaban J connectivity index is 1.39. The van der Waals surface area contributed by atoms with Crippen LogP contribution in [0.5, 0.6) is 5.19 Å². The lowest BCUT2D eigenvalue weighted by molar-refractivity contribution is 0.163. The maximum atomic E-state index is 5.23. The van der Waals surface area contributed by atoms with E-state index in [9.17, 15) is 0 Å². The summed E-state index contributed by atoms with van der Waals surface area (Å²) in [4.78, 5) is 10.9. The quantitative estimate of drug-likeness (QED) is 0.845. The smallest absolute Gasteiger partial charge is 0.273 e. The number of piperidine rings is 1. The molecule has 4 nitrogen and oxygen atoms in total. The minimum Gasteiger partial charge on any atom is -0.473 e. The number of para-hydroxylation sites is 1. The molecule has 0 bridgehead atoms. The van der Waals surface area contributed by atoms with Crippen molar-refractivity contribution in [2.24, 2.45) is 0 Å². The molecule has 1 aromatic carbocycles. The van der Waals surface area contributed by atoms with E-state index < -0.39 is 0 Å². The highest BCUT2D eigenvalue weighted by Crippen LogP contribution is 2.35. The van der Waals surface area contributed by atoms with Gasteiger partial charge < -0.3 is 9.64 Å². The molecule has 0 spiro atoms. The molecule has 128 valence electrons. The SMILES string of the molecule is COc1ncc(C(C)N2CCC(N3CCc4ccccc43)CC2)s1. The number of aromatic nitrogens is 1. The van der Waals surface area contributed by atoms with Gasteiger partial charge in [0.25, 0.3) is 5.19 Å². The molecule has 5 heteroatoms. The van der Waals surface area contributed by atoms with Crippen LogP contribution in [0, 0.1) is 0 Å². The molecule has 1 saturated heterocycles. The average Bonchev–Trinajstić information content (AvgIpc) is 3.28. The Morgan fingerprint density at radius 3 is 2.75 bits per heavy atom. The molecule has 2 aliphatic heterocycles. The Labute approximate surface area is 148 Å². The van der Waals surface area contributed by atoms with Gasteiger partial charge in [-0.15, -0.1) is 0 Å². The summed E-state index contributed by atoms with van der Waals surface area (Å²) in [5, 5.41) is 0.764. The van der Waals surface area contributed by atoms with E-state index >= 15 is 0 Å². The monoisotopic (exact) mass is 343 g/mol. The molecular weight excluding hydrogens is 318 g/mol. The highest BCUT2D eigenvalue weighted by atomic mass is 32.1. The van der Waals surface area contributed by atoms with E-state index in [1.165, 1.54) is 41.9 Å². The lowest BCUT2D eigenvalue weighted by Crippen LogP contribution is -2.45. The summed E-state index contributed by atoms with van der Waals surface area (Å²) in [6.07, 6.45) is 5.66. The van der Waals surface area contributed by atoms with Crippen LogP contribution in [-0.4, -0.2) is 42.7 Å². The maximum absolute atomic E-state index is 5.23. The van der Waals surface area contributed by atoms with Crippen molar-refractivity contribution in [1.29, 1.82) is 0 Å². The van der Waals surface area contributed by atoms with Crippen molar-refractivity contribution < 1.29 is 4.74 Å². The summed E-state index contributed by atoms with van der Waals surface area (Å²) in [5.74, 6) is 0. The van der Waals surface area contributed by atoms with Crippen LogP contribution in [0.3, 0.4) is 0 Å². The second-order valence-electron chi connectivity index (χ2n) is 6.75. The van der Waals surface area contributed by atoms with Crippen LogP contribution in [0.15, 0.2) is 30.5 Å². The zero-order valence-corrected chi connectivity index (χ0v) is 15.3. The summed E-state index contributed by atoms with van der Waals surface area (Å²) >= 11 is 1.67. The molecule has 2 aromatic rings. The van der Waals surface area contributed by atoms with E-state index in [0.717, 1.165) is 18.3 Å². The van der Waals surface area contributed by atoms with Gasteiger partial charge in [-0.25, -0.2) is 4.98 Å². The first kappa shape index (κ1) is 15.9. The molecule has 0 N–H and O–H groups in total. The number of ether oxygens (including phenoxy) is 1. The van der Waals surface area contributed by atoms with Crippen molar-refractivity contribution >= 4 is 17.0 Å². The van der Waals surface area contributed by atoms with E-state index in [2.05, 4.69) is 46.0 Å². The van der Waals surface area contributed by atoms with Gasteiger partial charge >= 0.3 is 0 Å². The minimum atomic E-state index is 0.429. The van der Waals surface area contributed by atoms with Crippen LogP contribution in [0.1, 0.15) is 36.2 Å². The largest absolute Gasteiger partial charge is 0.473 e. The molecule has 1 unspecified atom stereocenters. The van der Waals surface area contributed by atoms with E-state index in [4.69, 9.17) is 4.74 Å². The highest BCUT2D eigenvalue weighted by Gasteiger charge is 2.31. The highest BCUT2D eigenvalue weighted by molar-refractivity contribution is 7.13. The van der Waals surface area contributed by atoms with Gasteiger partial charge in [-0.3, -0.25) is 4.90 Å². The summed E-state index contributed by atoms with van der Waals surface area (Å²) in [5.41, 5.74) is 2.99. The first-order chi connectivity index (χ1) is 11.8. The molecule has 0 saturated carbocycles. The van der Waals surface area contributed by atoms with E-state index in [1.54, 1.807) is 18.4 Å². The molecule has 0 amide bonds. The number of likely N-dealkylation sites (tertiary alicyclic amines) is 1. The first-order valence-corrected chi connectivity index (χ1v) is 9.66. The molecule has 3 heterocycles. The number of hydrogen-bond acceptors (Lipinski definition) is 5. The van der Waals surface area contributed by atoms with Gasteiger partial charge in [0.15, 0.2) is 0 Å². The molecule has 0 aliphatic carbocycles. The number of anilines is 1. The van der Waals surface area contributed by atoms with Crippen molar-refractivity contribution in [2.45, 2.75) is 38.3 Å². The topological polar surface area (TPSA) is 28.6 Å². The third-order valence-corrected chi connectivity index (χ3v) is 6.63. The Hall–Kier alpha value is -1.59. The molecule has 1 fully saturated rings. The Morgan fingerprint density at radius 2 is 2.00 bits per heavy atom. The van der Waals surface area contributed by atoms with Gasteiger partial charge in [-0.1, -0.05) is 29.5 Å². The van der Waals surface area contributed by atoms with Crippen molar-refractivity contribution in [3.8, 4) is 5.19 Å². The number of hydrogen-bond donors (Lipinski definition) is 0. The van der Waals surface area contributed by atoms with Gasteiger partial charge in [-0.05, 0) is 37.8 Å². The van der Waals surface area contributed by atoms with Crippen LogP contribution < -0.4 is 9.64 Å². The maximum Gasteiger partial charge on any atom is 0.273 e. The number of rotatable bonds is 4. The van der Waals surface area contributed by atoms with Crippen molar-refractivity contribution in [1.82, 2.24) is 9.88 Å². The van der Waals surface area contributed by atoms with E-state index in [0.29, 0.717) is 12.1 Å². The summed E-state index contributed by atoms with van der Waals surface area (Å²) in [7, 11) is 1.69. The second-order valence-corrected chi connectivity index (χ2v) is 7.77. The van der Waals surface area contributed by atoms with Gasteiger partial charge in [-0.2, -0.15) is 0 Å². The van der Waals surface area contributed by atoms with E-state index in [1.807, 2.05) is 6.20 Å². The van der Waals surface area contributed by atoms with Crippen LogP contribution in [0.2, 0.25) is 0 Å². The molecule has 1 aromatic heterocycles. The van der Waals surface area contributed by atoms with Crippen molar-refractivity contribution in [3.63, 3.8) is 0 Å². The lowest BCUT2D eigenvalue weighted by Gasteiger charge is -2.40. The van der Waals surface area contributed by atoms with Crippen molar-refractivity contribution in [3.05, 3.63) is 40.9 Å². The van der Waals surface area contributed by atoms with Gasteiger partial charge in [0, 0.05) is 48.5 Å². The zero-order chi connectivity index (χ0) is 16.5. The normalized spacial score (nSPS) is 20.2. The number of benzene rings is 1. The third-order valence-electron chi connectivity index (χ3n) is 5.50. The fourth-order valence-electron chi connectivity index (χ4n) is 4.07. The second kappa shape index (κ2) is 6.73.